The van der Waals surface area contributed by atoms with Crippen LogP contribution in [-0.4, -0.2) is 41.6 Å². The highest BCUT2D eigenvalue weighted by Crippen LogP contribution is 2.29. The van der Waals surface area contributed by atoms with E-state index in [1.165, 1.54) is 24.1 Å². The van der Waals surface area contributed by atoms with Crippen LogP contribution in [0.3, 0.4) is 0 Å². The molecule has 0 radical (unpaired) electrons. The van der Waals surface area contributed by atoms with Crippen LogP contribution in [-0.2, 0) is 11.3 Å². The summed E-state index contributed by atoms with van der Waals surface area (Å²) >= 11 is 6.12. The largest absolute Gasteiger partial charge is 0.494 e. The van der Waals surface area contributed by atoms with Gasteiger partial charge >= 0.3 is 0 Å². The van der Waals surface area contributed by atoms with E-state index >= 15 is 0 Å². The van der Waals surface area contributed by atoms with Crippen molar-refractivity contribution in [2.24, 2.45) is 0 Å². The Balaban J connectivity index is 2.63. The van der Waals surface area contributed by atoms with Gasteiger partial charge in [0.1, 0.15) is 12.4 Å². The van der Waals surface area contributed by atoms with Crippen molar-refractivity contribution in [3.63, 3.8) is 0 Å². The Morgan fingerprint density at radius 2 is 2.19 bits per heavy atom. The molecule has 1 aromatic heterocycles. The van der Waals surface area contributed by atoms with Crippen molar-refractivity contribution in [1.82, 2.24) is 14.5 Å². The van der Waals surface area contributed by atoms with Crippen LogP contribution in [0.4, 0.5) is 4.39 Å². The molecule has 21 heavy (non-hydrogen) atoms. The molecular weight excluding hydrogens is 297 g/mol. The maximum absolute atomic E-state index is 13.8. The molecule has 0 aliphatic carbocycles. The lowest BCUT2D eigenvalue weighted by Crippen LogP contribution is -2.27. The number of aromatic nitrogens is 2. The van der Waals surface area contributed by atoms with Crippen molar-refractivity contribution in [2.45, 2.75) is 18.8 Å². The minimum atomic E-state index is -0.498. The first-order valence-corrected chi connectivity index (χ1v) is 6.86. The lowest BCUT2D eigenvalue weighted by atomic mass is 10.3. The predicted molar refractivity (Wildman–Crippen MR) is 79.2 cm³/mol. The van der Waals surface area contributed by atoms with Crippen molar-refractivity contribution in [1.29, 1.82) is 0 Å². The van der Waals surface area contributed by atoms with Gasteiger partial charge in [0.2, 0.25) is 5.91 Å². The second-order valence-electron chi connectivity index (χ2n) is 4.94. The highest BCUT2D eigenvalue weighted by atomic mass is 35.5. The first-order valence-electron chi connectivity index (χ1n) is 6.43. The maximum atomic E-state index is 13.8. The van der Waals surface area contributed by atoms with Crippen LogP contribution in [0.15, 0.2) is 12.1 Å². The number of rotatable bonds is 4. The number of methoxy groups -OCH3 is 1. The minimum Gasteiger partial charge on any atom is -0.494 e. The Morgan fingerprint density at radius 3 is 2.71 bits per heavy atom. The number of alkyl halides is 1. The molecule has 5 nitrogen and oxygen atoms in total. The first kappa shape index (κ1) is 15.6. The van der Waals surface area contributed by atoms with Gasteiger partial charge in [0.15, 0.2) is 11.6 Å². The summed E-state index contributed by atoms with van der Waals surface area (Å²) in [6.45, 7) is 1.84. The summed E-state index contributed by atoms with van der Waals surface area (Å²) in [6.07, 6.45) is 0. The Kier molecular flexibility index (Phi) is 4.37. The number of benzene rings is 1. The first-order chi connectivity index (χ1) is 9.85. The van der Waals surface area contributed by atoms with Gasteiger partial charge in [-0.25, -0.2) is 9.37 Å². The molecule has 1 amide bonds. The number of hydrogen-bond acceptors (Lipinski definition) is 3. The Morgan fingerprint density at radius 1 is 1.52 bits per heavy atom. The molecule has 114 valence electrons. The fraction of sp³-hybridized carbons (Fsp3) is 0.429. The van der Waals surface area contributed by atoms with Crippen molar-refractivity contribution < 1.29 is 13.9 Å². The molecule has 0 fully saturated rings. The molecule has 1 atom stereocenters. The van der Waals surface area contributed by atoms with Gasteiger partial charge in [0.25, 0.3) is 0 Å². The number of imidazole rings is 1. The fourth-order valence-corrected chi connectivity index (χ4v) is 2.21. The van der Waals surface area contributed by atoms with E-state index in [4.69, 9.17) is 16.3 Å². The Bertz CT molecular complexity index is 682. The molecule has 0 N–H and O–H groups in total. The summed E-state index contributed by atoms with van der Waals surface area (Å²) < 4.78 is 20.4. The van der Waals surface area contributed by atoms with Crippen LogP contribution < -0.4 is 4.74 Å². The number of likely N-dealkylation sites (N-methyl/N-ethyl adjacent to an activating group) is 1. The zero-order chi connectivity index (χ0) is 15.7. The van der Waals surface area contributed by atoms with E-state index in [0.717, 1.165) is 0 Å². The molecule has 7 heteroatoms. The summed E-state index contributed by atoms with van der Waals surface area (Å²) in [5, 5.41) is -0.401. The van der Waals surface area contributed by atoms with Gasteiger partial charge in [-0.15, -0.1) is 11.6 Å². The van der Waals surface area contributed by atoms with E-state index < -0.39 is 11.2 Å². The SMILES string of the molecule is COc1cc2c(cc1F)nc(C(C)Cl)n2CC(=O)N(C)C. The normalized spacial score (nSPS) is 12.5. The van der Waals surface area contributed by atoms with E-state index in [2.05, 4.69) is 4.98 Å². The quantitative estimate of drug-likeness (QED) is 0.815. The molecule has 0 aliphatic rings. The van der Waals surface area contributed by atoms with Crippen LogP contribution in [0, 0.1) is 5.82 Å². The van der Waals surface area contributed by atoms with Gasteiger partial charge in [-0.1, -0.05) is 0 Å². The van der Waals surface area contributed by atoms with Crippen molar-refractivity contribution >= 4 is 28.5 Å². The zero-order valence-electron chi connectivity index (χ0n) is 12.4. The van der Waals surface area contributed by atoms with Crippen LogP contribution >= 0.6 is 11.6 Å². The molecule has 0 bridgehead atoms. The number of amides is 1. The molecule has 0 spiro atoms. The molecular formula is C14H17ClFN3O2. The number of hydrogen-bond donors (Lipinski definition) is 0. The average Bonchev–Trinajstić information content (AvgIpc) is 2.75. The number of halogens is 2. The lowest BCUT2D eigenvalue weighted by molar-refractivity contribution is -0.129. The summed E-state index contributed by atoms with van der Waals surface area (Å²) in [5.74, 6) is 0.0303. The molecule has 2 rings (SSSR count). The lowest BCUT2D eigenvalue weighted by Gasteiger charge is -2.14. The number of carbonyl (C=O) groups is 1. The van der Waals surface area contributed by atoms with E-state index in [9.17, 15) is 9.18 Å². The van der Waals surface area contributed by atoms with Crippen molar-refractivity contribution in [3.8, 4) is 5.75 Å². The van der Waals surface area contributed by atoms with Gasteiger partial charge in [0.05, 0.1) is 23.5 Å². The molecule has 1 heterocycles. The standard InChI is InChI=1S/C14H17ClFN3O2/c1-8(15)14-17-10-5-9(16)12(21-4)6-11(10)19(14)7-13(20)18(2)3/h5-6,8H,7H2,1-4H3. The van der Waals surface area contributed by atoms with Crippen molar-refractivity contribution in [2.75, 3.05) is 21.2 Å². The topological polar surface area (TPSA) is 47.4 Å². The van der Waals surface area contributed by atoms with E-state index in [0.29, 0.717) is 16.9 Å². The number of fused-ring (bicyclic) bond motifs is 1. The molecule has 2 aromatic rings. The maximum Gasteiger partial charge on any atom is 0.242 e. The molecule has 0 saturated carbocycles. The fourth-order valence-electron chi connectivity index (χ4n) is 2.05. The molecule has 0 aliphatic heterocycles. The summed E-state index contributed by atoms with van der Waals surface area (Å²) in [6, 6.07) is 2.82. The highest BCUT2D eigenvalue weighted by Gasteiger charge is 2.19. The number of carbonyl (C=O) groups excluding carboxylic acids is 1. The van der Waals surface area contributed by atoms with E-state index in [1.807, 2.05) is 0 Å². The van der Waals surface area contributed by atoms with E-state index in [1.54, 1.807) is 25.6 Å². The van der Waals surface area contributed by atoms with E-state index in [-0.39, 0.29) is 18.2 Å². The van der Waals surface area contributed by atoms with Crippen LogP contribution in [0.2, 0.25) is 0 Å². The van der Waals surface area contributed by atoms with Gasteiger partial charge in [0, 0.05) is 26.2 Å². The number of nitrogens with zero attached hydrogens (tertiary/aromatic N) is 3. The smallest absolute Gasteiger partial charge is 0.242 e. The van der Waals surface area contributed by atoms with Crippen LogP contribution in [0.25, 0.3) is 11.0 Å². The number of ether oxygens (including phenoxy) is 1. The summed E-state index contributed by atoms with van der Waals surface area (Å²) in [4.78, 5) is 17.8. The third-order valence-electron chi connectivity index (χ3n) is 3.20. The van der Waals surface area contributed by atoms with Crippen LogP contribution in [0.5, 0.6) is 5.75 Å². The second-order valence-corrected chi connectivity index (χ2v) is 5.59. The summed E-state index contributed by atoms with van der Waals surface area (Å²) in [7, 11) is 4.73. The molecule has 1 unspecified atom stereocenters. The van der Waals surface area contributed by atoms with Crippen molar-refractivity contribution in [3.05, 3.63) is 23.8 Å². The Hall–Kier alpha value is -1.82. The average molecular weight is 314 g/mol. The highest BCUT2D eigenvalue weighted by molar-refractivity contribution is 6.20. The van der Waals surface area contributed by atoms with Crippen LogP contribution in [0.1, 0.15) is 18.1 Å². The molecule has 0 saturated heterocycles. The van der Waals surface area contributed by atoms with Gasteiger partial charge in [-0.3, -0.25) is 4.79 Å². The predicted octanol–water partition coefficient (Wildman–Crippen LogP) is 2.57. The summed E-state index contributed by atoms with van der Waals surface area (Å²) in [5.41, 5.74) is 1.06. The molecule has 1 aromatic carbocycles. The van der Waals surface area contributed by atoms with Gasteiger partial charge in [-0.2, -0.15) is 0 Å². The third kappa shape index (κ3) is 2.95. The van der Waals surface area contributed by atoms with Gasteiger partial charge in [-0.05, 0) is 6.92 Å². The second kappa shape index (κ2) is 5.89. The monoisotopic (exact) mass is 313 g/mol. The Labute approximate surface area is 127 Å². The van der Waals surface area contributed by atoms with Gasteiger partial charge < -0.3 is 14.2 Å². The zero-order valence-corrected chi connectivity index (χ0v) is 13.1. The third-order valence-corrected chi connectivity index (χ3v) is 3.39. The minimum absolute atomic E-state index is 0.0880.